The second kappa shape index (κ2) is 10.4. The number of aliphatic hydroxyl groups is 2. The first-order valence-electron chi connectivity index (χ1n) is 11.0. The van der Waals surface area contributed by atoms with Gasteiger partial charge in [-0.25, -0.2) is 0 Å². The van der Waals surface area contributed by atoms with E-state index in [0.717, 1.165) is 57.9 Å². The molecule has 2 fully saturated rings. The Labute approximate surface area is 179 Å². The van der Waals surface area contributed by atoms with Crippen molar-refractivity contribution in [2.75, 3.05) is 31.6 Å². The van der Waals surface area contributed by atoms with Gasteiger partial charge in [0.15, 0.2) is 0 Å². The fourth-order valence-electron chi connectivity index (χ4n) is 4.23. The van der Waals surface area contributed by atoms with E-state index in [0.29, 0.717) is 6.42 Å². The van der Waals surface area contributed by atoms with Crippen LogP contribution in [-0.4, -0.2) is 58.6 Å². The molecule has 0 aliphatic carbocycles. The number of piperidine rings is 1. The summed E-state index contributed by atoms with van der Waals surface area (Å²) in [6.07, 6.45) is 2.27. The molecule has 2 heterocycles. The predicted octanol–water partition coefficient (Wildman–Crippen LogP) is 2.75. The third kappa shape index (κ3) is 5.80. The lowest BCUT2D eigenvalue weighted by atomic mass is 9.99. The fraction of sp³-hybridized carbons (Fsp3) is 0.500. The molecule has 2 aliphatic heterocycles. The number of hydrogen-bond donors (Lipinski definition) is 3. The number of likely N-dealkylation sites (tertiary alicyclic amines) is 1. The van der Waals surface area contributed by atoms with Gasteiger partial charge in [-0.05, 0) is 48.1 Å². The van der Waals surface area contributed by atoms with Crippen molar-refractivity contribution >= 4 is 5.69 Å². The molecule has 3 N–H and O–H groups in total. The summed E-state index contributed by atoms with van der Waals surface area (Å²) in [4.78, 5) is 7.83. The van der Waals surface area contributed by atoms with Crippen LogP contribution in [-0.2, 0) is 24.5 Å². The summed E-state index contributed by atoms with van der Waals surface area (Å²) >= 11 is 0. The molecule has 0 bridgehead atoms. The SMILES string of the molecule is OCC1CC(O)CCN1Cc1ccc(CNc2ccc(CN3CCCO3)cc2)cc1. The highest BCUT2D eigenvalue weighted by Gasteiger charge is 2.26. The first kappa shape index (κ1) is 21.3. The molecule has 2 unspecified atom stereocenters. The number of aliphatic hydroxyl groups excluding tert-OH is 2. The standard InChI is InChI=1S/C24H33N3O3/c28-18-23-14-24(29)10-12-26(23)16-20-4-2-19(3-5-20)15-25-22-8-6-21(7-9-22)17-27-11-1-13-30-27/h2-9,23-25,28-29H,1,10-18H2. The normalized spacial score (nSPS) is 23.0. The van der Waals surface area contributed by atoms with Crippen molar-refractivity contribution in [2.45, 2.75) is 51.0 Å². The molecule has 6 heteroatoms. The van der Waals surface area contributed by atoms with E-state index >= 15 is 0 Å². The van der Waals surface area contributed by atoms with Gasteiger partial charge < -0.3 is 15.5 Å². The summed E-state index contributed by atoms with van der Waals surface area (Å²) in [6.45, 7) is 5.21. The van der Waals surface area contributed by atoms with Crippen molar-refractivity contribution in [3.63, 3.8) is 0 Å². The van der Waals surface area contributed by atoms with Gasteiger partial charge in [-0.3, -0.25) is 9.74 Å². The first-order chi connectivity index (χ1) is 14.7. The summed E-state index contributed by atoms with van der Waals surface area (Å²) in [5.74, 6) is 0. The maximum atomic E-state index is 9.81. The van der Waals surface area contributed by atoms with E-state index in [4.69, 9.17) is 4.84 Å². The molecule has 0 spiro atoms. The van der Waals surface area contributed by atoms with Gasteiger partial charge in [0, 0.05) is 44.5 Å². The quantitative estimate of drug-likeness (QED) is 0.621. The molecule has 2 atom stereocenters. The van der Waals surface area contributed by atoms with Crippen molar-refractivity contribution in [2.24, 2.45) is 0 Å². The Hall–Kier alpha value is -1.96. The Bertz CT molecular complexity index is 775. The van der Waals surface area contributed by atoms with Crippen LogP contribution in [0.1, 0.15) is 36.0 Å². The van der Waals surface area contributed by atoms with Crippen molar-refractivity contribution < 1.29 is 15.1 Å². The first-order valence-corrected chi connectivity index (χ1v) is 11.0. The Morgan fingerprint density at radius 1 is 0.933 bits per heavy atom. The monoisotopic (exact) mass is 411 g/mol. The molecule has 0 aromatic heterocycles. The number of anilines is 1. The minimum atomic E-state index is -0.283. The average molecular weight is 412 g/mol. The minimum Gasteiger partial charge on any atom is -0.395 e. The van der Waals surface area contributed by atoms with Crippen LogP contribution < -0.4 is 5.32 Å². The van der Waals surface area contributed by atoms with Crippen molar-refractivity contribution in [3.05, 3.63) is 65.2 Å². The molecule has 2 aliphatic rings. The van der Waals surface area contributed by atoms with Gasteiger partial charge in [0.25, 0.3) is 0 Å². The lowest BCUT2D eigenvalue weighted by molar-refractivity contribution is -0.117. The van der Waals surface area contributed by atoms with Gasteiger partial charge in [-0.15, -0.1) is 0 Å². The lowest BCUT2D eigenvalue weighted by Gasteiger charge is -2.36. The van der Waals surface area contributed by atoms with Gasteiger partial charge in [-0.2, -0.15) is 5.06 Å². The van der Waals surface area contributed by atoms with E-state index in [2.05, 4.69) is 58.7 Å². The highest BCUT2D eigenvalue weighted by atomic mass is 16.7. The summed E-state index contributed by atoms with van der Waals surface area (Å²) in [6, 6.07) is 17.3. The number of hydroxylamine groups is 2. The molecular weight excluding hydrogens is 378 g/mol. The zero-order valence-corrected chi connectivity index (χ0v) is 17.5. The van der Waals surface area contributed by atoms with Crippen molar-refractivity contribution in [3.8, 4) is 0 Å². The van der Waals surface area contributed by atoms with E-state index in [1.165, 1.54) is 16.7 Å². The molecule has 0 saturated carbocycles. The second-order valence-electron chi connectivity index (χ2n) is 8.40. The van der Waals surface area contributed by atoms with Crippen LogP contribution in [0, 0.1) is 0 Å². The minimum absolute atomic E-state index is 0.0510. The maximum Gasteiger partial charge on any atom is 0.0698 e. The van der Waals surface area contributed by atoms with E-state index in [-0.39, 0.29) is 18.8 Å². The zero-order chi connectivity index (χ0) is 20.8. The summed E-state index contributed by atoms with van der Waals surface area (Å²) < 4.78 is 0. The van der Waals surface area contributed by atoms with Gasteiger partial charge in [-0.1, -0.05) is 36.4 Å². The van der Waals surface area contributed by atoms with E-state index in [9.17, 15) is 10.2 Å². The number of nitrogens with zero attached hydrogens (tertiary/aromatic N) is 2. The van der Waals surface area contributed by atoms with Gasteiger partial charge in [0.2, 0.25) is 0 Å². The molecule has 162 valence electrons. The van der Waals surface area contributed by atoms with E-state index in [1.54, 1.807) is 0 Å². The van der Waals surface area contributed by atoms with Crippen LogP contribution >= 0.6 is 0 Å². The summed E-state index contributed by atoms with van der Waals surface area (Å²) in [5.41, 5.74) is 4.85. The Morgan fingerprint density at radius 3 is 2.33 bits per heavy atom. The Morgan fingerprint density at radius 2 is 1.63 bits per heavy atom. The average Bonchev–Trinajstić information content (AvgIpc) is 3.28. The Kier molecular flexibility index (Phi) is 7.36. The highest BCUT2D eigenvalue weighted by Crippen LogP contribution is 2.20. The molecule has 2 saturated heterocycles. The van der Waals surface area contributed by atoms with Crippen LogP contribution in [0.2, 0.25) is 0 Å². The van der Waals surface area contributed by atoms with Gasteiger partial charge in [0.1, 0.15) is 0 Å². The van der Waals surface area contributed by atoms with Crippen molar-refractivity contribution in [1.82, 2.24) is 9.96 Å². The van der Waals surface area contributed by atoms with Crippen LogP contribution in [0.15, 0.2) is 48.5 Å². The van der Waals surface area contributed by atoms with Crippen LogP contribution in [0.4, 0.5) is 5.69 Å². The largest absolute Gasteiger partial charge is 0.395 e. The number of rotatable bonds is 8. The Balaban J connectivity index is 1.25. The predicted molar refractivity (Wildman–Crippen MR) is 118 cm³/mol. The number of benzene rings is 2. The molecule has 0 amide bonds. The van der Waals surface area contributed by atoms with Gasteiger partial charge in [0.05, 0.1) is 19.3 Å². The third-order valence-corrected chi connectivity index (χ3v) is 6.06. The lowest BCUT2D eigenvalue weighted by Crippen LogP contribution is -2.45. The van der Waals surface area contributed by atoms with E-state index < -0.39 is 0 Å². The van der Waals surface area contributed by atoms with E-state index in [1.807, 2.05) is 5.06 Å². The topological polar surface area (TPSA) is 68.2 Å². The second-order valence-corrected chi connectivity index (χ2v) is 8.40. The molecule has 0 radical (unpaired) electrons. The highest BCUT2D eigenvalue weighted by molar-refractivity contribution is 5.45. The summed E-state index contributed by atoms with van der Waals surface area (Å²) in [7, 11) is 0. The molecular formula is C24H33N3O3. The van der Waals surface area contributed by atoms with Crippen LogP contribution in [0.3, 0.4) is 0 Å². The van der Waals surface area contributed by atoms with Gasteiger partial charge >= 0.3 is 0 Å². The number of hydrogen-bond acceptors (Lipinski definition) is 6. The van der Waals surface area contributed by atoms with Crippen LogP contribution in [0.25, 0.3) is 0 Å². The smallest absolute Gasteiger partial charge is 0.0698 e. The maximum absolute atomic E-state index is 9.81. The zero-order valence-electron chi connectivity index (χ0n) is 17.5. The fourth-order valence-corrected chi connectivity index (χ4v) is 4.23. The third-order valence-electron chi connectivity index (χ3n) is 6.06. The molecule has 4 rings (SSSR count). The number of nitrogens with one attached hydrogen (secondary N) is 1. The molecule has 2 aromatic rings. The molecule has 2 aromatic carbocycles. The van der Waals surface area contributed by atoms with Crippen molar-refractivity contribution in [1.29, 1.82) is 0 Å². The molecule has 30 heavy (non-hydrogen) atoms. The summed E-state index contributed by atoms with van der Waals surface area (Å²) in [5, 5.41) is 24.9. The molecule has 6 nitrogen and oxygen atoms in total. The van der Waals surface area contributed by atoms with Crippen LogP contribution in [0.5, 0.6) is 0 Å².